The number of carbonyl (C=O) groups is 1. The maximum Gasteiger partial charge on any atom is 0.277 e. The van der Waals surface area contributed by atoms with Gasteiger partial charge in [-0.2, -0.15) is 0 Å². The first-order valence-corrected chi connectivity index (χ1v) is 8.34. The Kier molecular flexibility index (Phi) is 4.16. The minimum atomic E-state index is -0.287. The molecule has 0 unspecified atom stereocenters. The van der Waals surface area contributed by atoms with Gasteiger partial charge in [0.1, 0.15) is 0 Å². The lowest BCUT2D eigenvalue weighted by Gasteiger charge is -2.21. The molecule has 6 nitrogen and oxygen atoms in total. The molecule has 1 fully saturated rings. The zero-order valence-corrected chi connectivity index (χ0v) is 13.7. The van der Waals surface area contributed by atoms with E-state index in [2.05, 4.69) is 20.4 Å². The molecule has 1 aliphatic rings. The van der Waals surface area contributed by atoms with Gasteiger partial charge in [0.25, 0.3) is 5.91 Å². The molecule has 3 heterocycles. The molecule has 6 heteroatoms. The molecule has 0 bridgehead atoms. The van der Waals surface area contributed by atoms with Gasteiger partial charge in [0.2, 0.25) is 0 Å². The number of benzene rings is 1. The summed E-state index contributed by atoms with van der Waals surface area (Å²) in [6, 6.07) is 13.1. The highest BCUT2D eigenvalue weighted by Crippen LogP contribution is 2.29. The number of nitrogens with one attached hydrogen (secondary N) is 1. The number of nitrogens with zero attached hydrogens (tertiary/aromatic N) is 3. The van der Waals surface area contributed by atoms with E-state index >= 15 is 0 Å². The number of aromatic nitrogens is 2. The lowest BCUT2D eigenvalue weighted by atomic mass is 10.2. The van der Waals surface area contributed by atoms with Crippen molar-refractivity contribution in [3.8, 4) is 11.3 Å². The van der Waals surface area contributed by atoms with Crippen molar-refractivity contribution >= 4 is 17.3 Å². The molecule has 0 atom stereocenters. The van der Waals surface area contributed by atoms with Crippen LogP contribution in [0.2, 0.25) is 0 Å². The van der Waals surface area contributed by atoms with Crippen molar-refractivity contribution in [2.24, 2.45) is 0 Å². The fourth-order valence-electron chi connectivity index (χ4n) is 3.03. The van der Waals surface area contributed by atoms with Crippen molar-refractivity contribution < 1.29 is 9.32 Å². The Morgan fingerprint density at radius 2 is 1.96 bits per heavy atom. The van der Waals surface area contributed by atoms with E-state index in [0.717, 1.165) is 30.0 Å². The highest BCUT2D eigenvalue weighted by Gasteiger charge is 2.19. The van der Waals surface area contributed by atoms with Gasteiger partial charge in [-0.3, -0.25) is 9.78 Å². The molecule has 25 heavy (non-hydrogen) atoms. The third-order valence-electron chi connectivity index (χ3n) is 4.29. The summed E-state index contributed by atoms with van der Waals surface area (Å²) in [5, 5.41) is 6.84. The monoisotopic (exact) mass is 334 g/mol. The van der Waals surface area contributed by atoms with Gasteiger partial charge >= 0.3 is 0 Å². The normalized spacial score (nSPS) is 13.8. The van der Waals surface area contributed by atoms with Crippen LogP contribution in [0.4, 0.5) is 11.4 Å². The summed E-state index contributed by atoms with van der Waals surface area (Å²) in [6.07, 6.45) is 5.72. The predicted molar refractivity (Wildman–Crippen MR) is 95.6 cm³/mol. The van der Waals surface area contributed by atoms with Crippen LogP contribution < -0.4 is 10.2 Å². The summed E-state index contributed by atoms with van der Waals surface area (Å²) in [7, 11) is 0. The van der Waals surface area contributed by atoms with Crippen molar-refractivity contribution in [1.29, 1.82) is 0 Å². The first-order chi connectivity index (χ1) is 12.3. The second-order valence-electron chi connectivity index (χ2n) is 5.98. The molecule has 3 aromatic rings. The molecule has 1 N–H and O–H groups in total. The van der Waals surface area contributed by atoms with Gasteiger partial charge in [-0.1, -0.05) is 17.3 Å². The van der Waals surface area contributed by atoms with Crippen LogP contribution in [0.1, 0.15) is 23.3 Å². The van der Waals surface area contributed by atoms with E-state index in [9.17, 15) is 4.79 Å². The van der Waals surface area contributed by atoms with Crippen molar-refractivity contribution in [2.45, 2.75) is 12.8 Å². The van der Waals surface area contributed by atoms with Gasteiger partial charge in [-0.05, 0) is 37.1 Å². The van der Waals surface area contributed by atoms with E-state index in [-0.39, 0.29) is 11.6 Å². The molecule has 0 spiro atoms. The summed E-state index contributed by atoms with van der Waals surface area (Å²) in [6.45, 7) is 2.03. The highest BCUT2D eigenvalue weighted by atomic mass is 16.5. The molecule has 4 rings (SSSR count). The Bertz CT molecular complexity index is 870. The van der Waals surface area contributed by atoms with Gasteiger partial charge in [0.15, 0.2) is 11.5 Å². The number of anilines is 2. The van der Waals surface area contributed by atoms with Crippen LogP contribution in [0.3, 0.4) is 0 Å². The lowest BCUT2D eigenvalue weighted by molar-refractivity contribution is 0.101. The first-order valence-electron chi connectivity index (χ1n) is 8.34. The van der Waals surface area contributed by atoms with Crippen LogP contribution in [0.15, 0.2) is 59.4 Å². The van der Waals surface area contributed by atoms with Gasteiger partial charge < -0.3 is 14.7 Å². The number of para-hydroxylation sites is 2. The molecule has 0 aliphatic carbocycles. The number of hydrogen-bond acceptors (Lipinski definition) is 5. The SMILES string of the molecule is O=C(Nc1ccccc1N1CCCC1)c1cc(-c2cccnc2)on1. The van der Waals surface area contributed by atoms with Crippen LogP contribution in [-0.2, 0) is 0 Å². The van der Waals surface area contributed by atoms with E-state index in [1.54, 1.807) is 18.5 Å². The zero-order chi connectivity index (χ0) is 17.1. The van der Waals surface area contributed by atoms with Gasteiger partial charge in [0, 0.05) is 37.1 Å². The molecular weight excluding hydrogens is 316 g/mol. The Balaban J connectivity index is 1.54. The third-order valence-corrected chi connectivity index (χ3v) is 4.29. The molecule has 2 aromatic heterocycles. The van der Waals surface area contributed by atoms with Gasteiger partial charge in [-0.25, -0.2) is 0 Å². The van der Waals surface area contributed by atoms with Gasteiger partial charge in [0.05, 0.1) is 11.4 Å². The predicted octanol–water partition coefficient (Wildman–Crippen LogP) is 3.59. The second-order valence-corrected chi connectivity index (χ2v) is 5.98. The fraction of sp³-hybridized carbons (Fsp3) is 0.211. The number of hydrogen-bond donors (Lipinski definition) is 1. The molecule has 0 radical (unpaired) electrons. The van der Waals surface area contributed by atoms with Crippen LogP contribution in [0, 0.1) is 0 Å². The Hall–Kier alpha value is -3.15. The smallest absolute Gasteiger partial charge is 0.277 e. The Morgan fingerprint density at radius 3 is 2.76 bits per heavy atom. The summed E-state index contributed by atoms with van der Waals surface area (Å²) in [5.74, 6) is 0.233. The van der Waals surface area contributed by atoms with Crippen molar-refractivity contribution in [3.05, 3.63) is 60.6 Å². The zero-order valence-electron chi connectivity index (χ0n) is 13.7. The van der Waals surface area contributed by atoms with Crippen LogP contribution in [0.5, 0.6) is 0 Å². The Morgan fingerprint density at radius 1 is 1.12 bits per heavy atom. The summed E-state index contributed by atoms with van der Waals surface area (Å²) >= 11 is 0. The summed E-state index contributed by atoms with van der Waals surface area (Å²) in [5.41, 5.74) is 2.87. The maximum absolute atomic E-state index is 12.6. The third kappa shape index (κ3) is 3.24. The van der Waals surface area contributed by atoms with Gasteiger partial charge in [-0.15, -0.1) is 0 Å². The lowest BCUT2D eigenvalue weighted by Crippen LogP contribution is -2.21. The van der Waals surface area contributed by atoms with Crippen molar-refractivity contribution in [3.63, 3.8) is 0 Å². The first kappa shape index (κ1) is 15.4. The van der Waals surface area contributed by atoms with E-state index < -0.39 is 0 Å². The van der Waals surface area contributed by atoms with E-state index in [0.29, 0.717) is 5.76 Å². The van der Waals surface area contributed by atoms with E-state index in [4.69, 9.17) is 4.52 Å². The van der Waals surface area contributed by atoms with Crippen LogP contribution in [-0.4, -0.2) is 29.1 Å². The Labute approximate surface area is 145 Å². The van der Waals surface area contributed by atoms with Crippen LogP contribution >= 0.6 is 0 Å². The number of pyridine rings is 1. The summed E-state index contributed by atoms with van der Waals surface area (Å²) < 4.78 is 5.28. The topological polar surface area (TPSA) is 71.3 Å². The average molecular weight is 334 g/mol. The second kappa shape index (κ2) is 6.76. The molecule has 1 aliphatic heterocycles. The van der Waals surface area contributed by atoms with E-state index in [1.165, 1.54) is 12.8 Å². The highest BCUT2D eigenvalue weighted by molar-refractivity contribution is 6.05. The minimum absolute atomic E-state index is 0.245. The summed E-state index contributed by atoms with van der Waals surface area (Å²) in [4.78, 5) is 18.9. The molecular formula is C19H18N4O2. The fourth-order valence-corrected chi connectivity index (χ4v) is 3.03. The van der Waals surface area contributed by atoms with Crippen molar-refractivity contribution in [1.82, 2.24) is 10.1 Å². The largest absolute Gasteiger partial charge is 0.370 e. The molecule has 1 amide bonds. The molecule has 126 valence electrons. The number of rotatable bonds is 4. The molecule has 1 saturated heterocycles. The average Bonchev–Trinajstić information content (AvgIpc) is 3.35. The van der Waals surface area contributed by atoms with Crippen LogP contribution in [0.25, 0.3) is 11.3 Å². The molecule has 0 saturated carbocycles. The quantitative estimate of drug-likeness (QED) is 0.789. The van der Waals surface area contributed by atoms with Crippen molar-refractivity contribution in [2.75, 3.05) is 23.3 Å². The standard InChI is InChI=1S/C19H18N4O2/c24-19(16-12-18(25-22-16)14-6-5-9-20-13-14)21-15-7-1-2-8-17(15)23-10-3-4-11-23/h1-2,5-9,12-13H,3-4,10-11H2,(H,21,24). The number of carbonyl (C=O) groups excluding carboxylic acids is 1. The van der Waals surface area contributed by atoms with E-state index in [1.807, 2.05) is 36.4 Å². The molecule has 1 aromatic carbocycles. The number of amides is 1. The minimum Gasteiger partial charge on any atom is -0.370 e. The maximum atomic E-state index is 12.6.